The number of amides is 1. The maximum Gasteiger partial charge on any atom is 0.301 e. The Kier molecular flexibility index (Phi) is 13.0. The predicted octanol–water partition coefficient (Wildman–Crippen LogP) is 0.602. The number of nitrogens with one attached hydrogen (secondary N) is 1. The molecule has 1 atom stereocenters. The van der Waals surface area contributed by atoms with E-state index in [2.05, 4.69) is 24.3 Å². The standard InChI is InChI=1S/C19H20F3N5O4S.C10H13F2N5O2S/c20-15-4-2-1-3-13(15)14(11-28)19(29)26-8-12(16(23)9-26)7-24-32(30,31)18-5-6-27(25-18)10-17(21)22;11-9(12)6-17-2-1-10(16-17)20(18,19)15-4-7-3-14-5-8(7)13/h1-7,14,17,28H,8-11,23H2;1-2,4,9,14H,3,5-6,13H2/t14-;/m1./s1. The van der Waals surface area contributed by atoms with Crippen molar-refractivity contribution in [3.63, 3.8) is 0 Å². The summed E-state index contributed by atoms with van der Waals surface area (Å²) in [6, 6.07) is 7.73. The number of carbonyl (C=O) groups excluding carboxylic acids is 1. The molecule has 0 bridgehead atoms. The monoisotopic (exact) mass is 776 g/mol. The third-order valence-electron chi connectivity index (χ3n) is 7.36. The van der Waals surface area contributed by atoms with E-state index in [0.29, 0.717) is 24.4 Å². The number of aliphatic hydroxyl groups is 1. The van der Waals surface area contributed by atoms with Crippen LogP contribution in [0.2, 0.25) is 0 Å². The van der Waals surface area contributed by atoms with Gasteiger partial charge in [-0.3, -0.25) is 14.2 Å². The van der Waals surface area contributed by atoms with Gasteiger partial charge < -0.3 is 26.8 Å². The van der Waals surface area contributed by atoms with Gasteiger partial charge in [0.25, 0.3) is 12.9 Å². The highest BCUT2D eigenvalue weighted by atomic mass is 32.2. The van der Waals surface area contributed by atoms with E-state index in [-0.39, 0.29) is 34.9 Å². The Bertz CT molecular complexity index is 2100. The Morgan fingerprint density at radius 3 is 1.87 bits per heavy atom. The lowest BCUT2D eigenvalue weighted by atomic mass is 9.98. The molecule has 0 saturated heterocycles. The summed E-state index contributed by atoms with van der Waals surface area (Å²) in [4.78, 5) is 14.1. The van der Waals surface area contributed by atoms with Crippen LogP contribution in [0, 0.1) is 5.82 Å². The van der Waals surface area contributed by atoms with Crippen molar-refractivity contribution < 1.29 is 48.7 Å². The quantitative estimate of drug-likeness (QED) is 0.139. The summed E-state index contributed by atoms with van der Waals surface area (Å²) < 4.78 is 120. The molecule has 0 saturated carbocycles. The predicted molar refractivity (Wildman–Crippen MR) is 176 cm³/mol. The van der Waals surface area contributed by atoms with Crippen molar-refractivity contribution in [1.29, 1.82) is 0 Å². The molecule has 6 N–H and O–H groups in total. The molecular formula is C29H33F5N10O6S2. The van der Waals surface area contributed by atoms with Crippen LogP contribution >= 0.6 is 0 Å². The minimum Gasteiger partial charge on any atom is -0.401 e. The van der Waals surface area contributed by atoms with Crippen molar-refractivity contribution in [2.24, 2.45) is 20.3 Å². The molecule has 3 aromatic rings. The van der Waals surface area contributed by atoms with Gasteiger partial charge in [-0.2, -0.15) is 35.8 Å². The van der Waals surface area contributed by atoms with Crippen LogP contribution in [-0.4, -0.2) is 110 Å². The van der Waals surface area contributed by atoms with Crippen LogP contribution in [0.5, 0.6) is 0 Å². The van der Waals surface area contributed by atoms with Crippen molar-refractivity contribution in [2.75, 3.05) is 32.8 Å². The number of rotatable bonds is 13. The van der Waals surface area contributed by atoms with Crippen LogP contribution in [0.25, 0.3) is 0 Å². The van der Waals surface area contributed by atoms with Crippen LogP contribution < -0.4 is 16.8 Å². The van der Waals surface area contributed by atoms with Crippen molar-refractivity contribution in [3.05, 3.63) is 82.7 Å². The van der Waals surface area contributed by atoms with Gasteiger partial charge >= 0.3 is 20.0 Å². The van der Waals surface area contributed by atoms with Gasteiger partial charge in [-0.1, -0.05) is 18.2 Å². The third kappa shape index (κ3) is 10.3. The molecule has 2 aromatic heterocycles. The van der Waals surface area contributed by atoms with Gasteiger partial charge in [-0.05, 0) is 18.2 Å². The topological polar surface area (TPSA) is 233 Å². The molecule has 0 unspecified atom stereocenters. The first-order valence-electron chi connectivity index (χ1n) is 15.0. The molecule has 0 radical (unpaired) electrons. The minimum absolute atomic E-state index is 0.0302. The fourth-order valence-electron chi connectivity index (χ4n) is 4.75. The summed E-state index contributed by atoms with van der Waals surface area (Å²) in [5.74, 6) is -2.38. The van der Waals surface area contributed by atoms with Crippen molar-refractivity contribution >= 4 is 38.4 Å². The second-order valence-corrected chi connectivity index (χ2v) is 14.3. The van der Waals surface area contributed by atoms with Crippen LogP contribution in [-0.2, 0) is 37.9 Å². The summed E-state index contributed by atoms with van der Waals surface area (Å²) >= 11 is 0. The van der Waals surface area contributed by atoms with E-state index in [1.807, 2.05) is 0 Å². The summed E-state index contributed by atoms with van der Waals surface area (Å²) in [5.41, 5.74) is 13.1. The lowest BCUT2D eigenvalue weighted by Gasteiger charge is -2.22. The number of aliphatic hydroxyl groups excluding tert-OH is 1. The normalized spacial score (nSPS) is 16.2. The van der Waals surface area contributed by atoms with Crippen molar-refractivity contribution in [1.82, 2.24) is 29.8 Å². The molecule has 16 nitrogen and oxygen atoms in total. The van der Waals surface area contributed by atoms with Crippen molar-refractivity contribution in [3.8, 4) is 0 Å². The highest BCUT2D eigenvalue weighted by molar-refractivity contribution is 7.90. The number of sulfonamides is 2. The zero-order valence-corrected chi connectivity index (χ0v) is 28.6. The first kappa shape index (κ1) is 39.8. The summed E-state index contributed by atoms with van der Waals surface area (Å²) in [6.07, 6.45) is -0.941. The van der Waals surface area contributed by atoms with Crippen molar-refractivity contribution in [2.45, 2.75) is 41.9 Å². The Balaban J connectivity index is 0.000000259. The maximum atomic E-state index is 14.1. The zero-order valence-electron chi connectivity index (χ0n) is 26.9. The molecule has 0 spiro atoms. The number of aromatic nitrogens is 4. The van der Waals surface area contributed by atoms with E-state index in [4.69, 9.17) is 11.5 Å². The first-order valence-corrected chi connectivity index (χ1v) is 17.9. The number of nitrogens with two attached hydrogens (primary N) is 2. The van der Waals surface area contributed by atoms with Gasteiger partial charge in [0, 0.05) is 72.6 Å². The fraction of sp³-hybridized carbons (Fsp3) is 0.345. The van der Waals surface area contributed by atoms with Gasteiger partial charge in [0.2, 0.25) is 5.91 Å². The molecule has 282 valence electrons. The maximum absolute atomic E-state index is 14.1. The number of nitrogens with zero attached hydrogens (tertiary/aromatic N) is 7. The molecular weight excluding hydrogens is 744 g/mol. The second-order valence-electron chi connectivity index (χ2n) is 11.1. The average molecular weight is 777 g/mol. The van der Waals surface area contributed by atoms with Gasteiger partial charge in [-0.25, -0.2) is 22.0 Å². The molecule has 5 rings (SSSR count). The second kappa shape index (κ2) is 17.0. The summed E-state index contributed by atoms with van der Waals surface area (Å²) in [5, 5.41) is 18.8. The van der Waals surface area contributed by atoms with Crippen LogP contribution in [0.15, 0.2) is 90.2 Å². The number of alkyl halides is 4. The Labute approximate surface area is 294 Å². The SMILES string of the molecule is NC1=C(C=NS(=O)(=O)c2ccn(CC(F)F)n2)CN(C(=O)[C@H](CO)c2ccccc2F)C1.NC1=C(C=NS(=O)(=O)c2ccn(CC(F)F)n2)CNC1. The van der Waals surface area contributed by atoms with E-state index < -0.39 is 75.3 Å². The minimum atomic E-state index is -4.28. The zero-order chi connectivity index (χ0) is 38.2. The van der Waals surface area contributed by atoms with E-state index in [1.54, 1.807) is 0 Å². The van der Waals surface area contributed by atoms with Crippen LogP contribution in [0.3, 0.4) is 0 Å². The largest absolute Gasteiger partial charge is 0.401 e. The highest BCUT2D eigenvalue weighted by Gasteiger charge is 2.32. The highest BCUT2D eigenvalue weighted by Crippen LogP contribution is 2.24. The summed E-state index contributed by atoms with van der Waals surface area (Å²) in [6.45, 7) is -1.31. The number of hydrogen-bond acceptors (Lipinski definition) is 11. The van der Waals surface area contributed by atoms with Crippen LogP contribution in [0.4, 0.5) is 22.0 Å². The number of carbonyl (C=O) groups is 1. The first-order chi connectivity index (χ1) is 24.5. The van der Waals surface area contributed by atoms with Gasteiger partial charge in [0.15, 0.2) is 10.1 Å². The molecule has 4 heterocycles. The number of halogens is 5. The lowest BCUT2D eigenvalue weighted by molar-refractivity contribution is -0.132. The third-order valence-corrected chi connectivity index (χ3v) is 9.62. The molecule has 2 aliphatic heterocycles. The van der Waals surface area contributed by atoms with Gasteiger partial charge in [-0.15, -0.1) is 0 Å². The summed E-state index contributed by atoms with van der Waals surface area (Å²) in [7, 11) is -8.29. The Morgan fingerprint density at radius 1 is 0.846 bits per heavy atom. The molecule has 23 heteroatoms. The van der Waals surface area contributed by atoms with E-state index in [1.165, 1.54) is 35.4 Å². The van der Waals surface area contributed by atoms with E-state index in [0.717, 1.165) is 40.1 Å². The smallest absolute Gasteiger partial charge is 0.301 e. The molecule has 1 amide bonds. The Morgan fingerprint density at radius 2 is 1.38 bits per heavy atom. The van der Waals surface area contributed by atoms with Gasteiger partial charge in [0.1, 0.15) is 18.9 Å². The number of benzene rings is 1. The van der Waals surface area contributed by atoms with Crippen LogP contribution in [0.1, 0.15) is 11.5 Å². The van der Waals surface area contributed by atoms with E-state index >= 15 is 0 Å². The molecule has 1 aromatic carbocycles. The molecule has 0 aliphatic carbocycles. The fourth-order valence-corrected chi connectivity index (χ4v) is 6.38. The molecule has 0 fully saturated rings. The Hall–Kier alpha value is -5.00. The molecule has 2 aliphatic rings. The van der Waals surface area contributed by atoms with Gasteiger partial charge in [0.05, 0.1) is 19.1 Å². The lowest BCUT2D eigenvalue weighted by Crippen LogP contribution is -2.36. The molecule has 52 heavy (non-hydrogen) atoms. The average Bonchev–Trinajstić information content (AvgIpc) is 3.89. The van der Waals surface area contributed by atoms with E-state index in [9.17, 15) is 48.7 Å². The number of hydrogen-bond donors (Lipinski definition) is 4.